The maximum Gasteiger partial charge on any atom is 0.344 e. The van der Waals surface area contributed by atoms with Gasteiger partial charge in [0.05, 0.1) is 0 Å². The van der Waals surface area contributed by atoms with Crippen LogP contribution in [0.3, 0.4) is 0 Å². The SMILES string of the molecule is Cc1cccc(OCC(=O)OC(C)C(=O)NC(=O)NC2CCCCC2)c1. The van der Waals surface area contributed by atoms with Crippen LogP contribution in [0.5, 0.6) is 5.75 Å². The lowest BCUT2D eigenvalue weighted by Gasteiger charge is -2.23. The summed E-state index contributed by atoms with van der Waals surface area (Å²) in [5.41, 5.74) is 1.01. The van der Waals surface area contributed by atoms with E-state index >= 15 is 0 Å². The van der Waals surface area contributed by atoms with Gasteiger partial charge in [0, 0.05) is 6.04 Å². The van der Waals surface area contributed by atoms with Gasteiger partial charge < -0.3 is 14.8 Å². The third kappa shape index (κ3) is 6.74. The normalized spacial score (nSPS) is 15.6. The Labute approximate surface area is 153 Å². The van der Waals surface area contributed by atoms with Crippen LogP contribution in [0, 0.1) is 6.92 Å². The Balaban J connectivity index is 1.69. The second-order valence-corrected chi connectivity index (χ2v) is 6.53. The van der Waals surface area contributed by atoms with Crippen molar-refractivity contribution >= 4 is 17.9 Å². The van der Waals surface area contributed by atoms with Crippen LogP contribution in [0.1, 0.15) is 44.6 Å². The molecule has 1 atom stereocenters. The molecule has 2 rings (SSSR count). The summed E-state index contributed by atoms with van der Waals surface area (Å²) in [5.74, 6) is -0.796. The zero-order valence-electron chi connectivity index (χ0n) is 15.2. The van der Waals surface area contributed by atoms with Gasteiger partial charge in [-0.05, 0) is 44.4 Å². The molecule has 0 heterocycles. The van der Waals surface area contributed by atoms with Crippen LogP contribution in [0.25, 0.3) is 0 Å². The molecule has 2 N–H and O–H groups in total. The van der Waals surface area contributed by atoms with Gasteiger partial charge in [-0.2, -0.15) is 0 Å². The van der Waals surface area contributed by atoms with E-state index in [0.717, 1.165) is 31.2 Å². The lowest BCUT2D eigenvalue weighted by molar-refractivity contribution is -0.156. The summed E-state index contributed by atoms with van der Waals surface area (Å²) in [5, 5.41) is 4.98. The Morgan fingerprint density at radius 3 is 2.62 bits per heavy atom. The lowest BCUT2D eigenvalue weighted by atomic mass is 9.96. The van der Waals surface area contributed by atoms with Crippen LogP contribution < -0.4 is 15.4 Å². The zero-order chi connectivity index (χ0) is 18.9. The molecule has 0 radical (unpaired) electrons. The van der Waals surface area contributed by atoms with Crippen molar-refractivity contribution < 1.29 is 23.9 Å². The first-order chi connectivity index (χ1) is 12.4. The number of urea groups is 1. The minimum absolute atomic E-state index is 0.0946. The van der Waals surface area contributed by atoms with Gasteiger partial charge in [-0.25, -0.2) is 9.59 Å². The summed E-state index contributed by atoms with van der Waals surface area (Å²) in [4.78, 5) is 35.6. The Hall–Kier alpha value is -2.57. The highest BCUT2D eigenvalue weighted by atomic mass is 16.6. The molecular weight excluding hydrogens is 336 g/mol. The van der Waals surface area contributed by atoms with Crippen molar-refractivity contribution in [2.75, 3.05) is 6.61 Å². The first-order valence-corrected chi connectivity index (χ1v) is 8.94. The predicted molar refractivity (Wildman–Crippen MR) is 95.8 cm³/mol. The molecule has 1 aromatic carbocycles. The molecular formula is C19H26N2O5. The molecule has 0 saturated heterocycles. The Kier molecular flexibility index (Phi) is 7.44. The van der Waals surface area contributed by atoms with Crippen molar-refractivity contribution in [3.8, 4) is 5.75 Å². The summed E-state index contributed by atoms with van der Waals surface area (Å²) in [6.07, 6.45) is 4.09. The average Bonchev–Trinajstić information content (AvgIpc) is 2.60. The molecule has 1 saturated carbocycles. The number of esters is 1. The van der Waals surface area contributed by atoms with Crippen LogP contribution in [0.15, 0.2) is 24.3 Å². The number of benzene rings is 1. The fourth-order valence-electron chi connectivity index (χ4n) is 2.81. The molecule has 1 aromatic rings. The first kappa shape index (κ1) is 19.8. The topological polar surface area (TPSA) is 93.7 Å². The minimum atomic E-state index is -1.08. The van der Waals surface area contributed by atoms with Crippen molar-refractivity contribution in [2.45, 2.75) is 58.1 Å². The maximum absolute atomic E-state index is 12.0. The van der Waals surface area contributed by atoms with E-state index in [0.29, 0.717) is 5.75 Å². The van der Waals surface area contributed by atoms with E-state index in [-0.39, 0.29) is 12.6 Å². The number of amides is 3. The summed E-state index contributed by atoms with van der Waals surface area (Å²) in [7, 11) is 0. The van der Waals surface area contributed by atoms with Gasteiger partial charge >= 0.3 is 12.0 Å². The molecule has 3 amide bonds. The van der Waals surface area contributed by atoms with E-state index in [1.807, 2.05) is 19.1 Å². The quantitative estimate of drug-likeness (QED) is 0.758. The summed E-state index contributed by atoms with van der Waals surface area (Å²) >= 11 is 0. The molecule has 1 aliphatic rings. The van der Waals surface area contributed by atoms with Crippen molar-refractivity contribution in [3.05, 3.63) is 29.8 Å². The fourth-order valence-corrected chi connectivity index (χ4v) is 2.81. The van der Waals surface area contributed by atoms with E-state index in [9.17, 15) is 14.4 Å². The van der Waals surface area contributed by atoms with Crippen molar-refractivity contribution in [1.82, 2.24) is 10.6 Å². The molecule has 26 heavy (non-hydrogen) atoms. The second-order valence-electron chi connectivity index (χ2n) is 6.53. The van der Waals surface area contributed by atoms with E-state index in [1.165, 1.54) is 13.3 Å². The van der Waals surface area contributed by atoms with Gasteiger partial charge in [-0.3, -0.25) is 10.1 Å². The third-order valence-corrected chi connectivity index (χ3v) is 4.20. The van der Waals surface area contributed by atoms with Gasteiger partial charge in [-0.15, -0.1) is 0 Å². The fraction of sp³-hybridized carbons (Fsp3) is 0.526. The molecule has 7 heteroatoms. The number of carbonyl (C=O) groups is 3. The number of nitrogens with one attached hydrogen (secondary N) is 2. The van der Waals surface area contributed by atoms with Crippen molar-refractivity contribution in [2.24, 2.45) is 0 Å². The monoisotopic (exact) mass is 362 g/mol. The summed E-state index contributed by atoms with van der Waals surface area (Å²) in [6.45, 7) is 3.01. The van der Waals surface area contributed by atoms with Crippen LogP contribution >= 0.6 is 0 Å². The van der Waals surface area contributed by atoms with Crippen LogP contribution in [-0.2, 0) is 14.3 Å². The van der Waals surface area contributed by atoms with Gasteiger partial charge in [0.25, 0.3) is 5.91 Å². The van der Waals surface area contributed by atoms with E-state index < -0.39 is 24.0 Å². The Morgan fingerprint density at radius 2 is 1.92 bits per heavy atom. The second kappa shape index (κ2) is 9.79. The largest absolute Gasteiger partial charge is 0.482 e. The smallest absolute Gasteiger partial charge is 0.344 e. The van der Waals surface area contributed by atoms with E-state index in [2.05, 4.69) is 10.6 Å². The van der Waals surface area contributed by atoms with E-state index in [4.69, 9.17) is 9.47 Å². The van der Waals surface area contributed by atoms with Gasteiger partial charge in [0.1, 0.15) is 5.75 Å². The zero-order valence-corrected chi connectivity index (χ0v) is 15.2. The molecule has 1 fully saturated rings. The number of carbonyl (C=O) groups excluding carboxylic acids is 3. The number of hydrogen-bond donors (Lipinski definition) is 2. The predicted octanol–water partition coefficient (Wildman–Crippen LogP) is 2.46. The Bertz CT molecular complexity index is 641. The molecule has 1 unspecified atom stereocenters. The van der Waals surface area contributed by atoms with Crippen LogP contribution in [-0.4, -0.2) is 36.7 Å². The number of aryl methyl sites for hydroxylation is 1. The summed E-state index contributed by atoms with van der Waals surface area (Å²) < 4.78 is 10.3. The average molecular weight is 362 g/mol. The number of imide groups is 1. The van der Waals surface area contributed by atoms with Crippen molar-refractivity contribution in [1.29, 1.82) is 0 Å². The van der Waals surface area contributed by atoms with E-state index in [1.54, 1.807) is 12.1 Å². The number of ether oxygens (including phenoxy) is 2. The first-order valence-electron chi connectivity index (χ1n) is 8.94. The molecule has 0 aliphatic heterocycles. The molecule has 1 aliphatic carbocycles. The summed E-state index contributed by atoms with van der Waals surface area (Å²) in [6, 6.07) is 6.79. The number of hydrogen-bond acceptors (Lipinski definition) is 5. The van der Waals surface area contributed by atoms with Crippen LogP contribution in [0.2, 0.25) is 0 Å². The van der Waals surface area contributed by atoms with Gasteiger partial charge in [0.2, 0.25) is 0 Å². The number of rotatable bonds is 6. The van der Waals surface area contributed by atoms with Gasteiger partial charge in [0.15, 0.2) is 12.7 Å². The highest BCUT2D eigenvalue weighted by Gasteiger charge is 2.22. The third-order valence-electron chi connectivity index (χ3n) is 4.20. The van der Waals surface area contributed by atoms with Crippen molar-refractivity contribution in [3.63, 3.8) is 0 Å². The Morgan fingerprint density at radius 1 is 1.19 bits per heavy atom. The van der Waals surface area contributed by atoms with Gasteiger partial charge in [-0.1, -0.05) is 31.4 Å². The highest BCUT2D eigenvalue weighted by molar-refractivity contribution is 5.97. The molecule has 0 bridgehead atoms. The van der Waals surface area contributed by atoms with Crippen LogP contribution in [0.4, 0.5) is 4.79 Å². The molecule has 7 nitrogen and oxygen atoms in total. The standard InChI is InChI=1S/C19H26N2O5/c1-13-7-6-10-16(11-13)25-12-17(22)26-14(2)18(23)21-19(24)20-15-8-4-3-5-9-15/h6-7,10-11,14-15H,3-5,8-9,12H2,1-2H3,(H2,20,21,23,24). The highest BCUT2D eigenvalue weighted by Crippen LogP contribution is 2.17. The maximum atomic E-state index is 12.0. The molecule has 0 spiro atoms. The molecule has 0 aromatic heterocycles. The minimum Gasteiger partial charge on any atom is -0.482 e. The lowest BCUT2D eigenvalue weighted by Crippen LogP contribution is -2.48. The molecule has 142 valence electrons.